The summed E-state index contributed by atoms with van der Waals surface area (Å²) in [5.41, 5.74) is 3.65. The summed E-state index contributed by atoms with van der Waals surface area (Å²) in [6, 6.07) is 8.37. The van der Waals surface area contributed by atoms with Gasteiger partial charge in [0, 0.05) is 23.2 Å². The fourth-order valence-electron chi connectivity index (χ4n) is 1.80. The number of hydrogen-bond donors (Lipinski definition) is 2. The molecule has 0 fully saturated rings. The predicted octanol–water partition coefficient (Wildman–Crippen LogP) is 2.27. The molecule has 0 aliphatic rings. The minimum Gasteiger partial charge on any atom is -0.396 e. The second-order valence-corrected chi connectivity index (χ2v) is 3.50. The van der Waals surface area contributed by atoms with Gasteiger partial charge in [-0.05, 0) is 30.5 Å². The molecule has 0 saturated carbocycles. The number of rotatable bonds is 3. The largest absolute Gasteiger partial charge is 0.396 e. The van der Waals surface area contributed by atoms with Crippen LogP contribution in [0.15, 0.2) is 24.3 Å². The Kier molecular flexibility index (Phi) is 2.55. The highest BCUT2D eigenvalue weighted by atomic mass is 16.2. The number of aliphatic hydroxyl groups excluding tert-OH is 1. The van der Waals surface area contributed by atoms with Crippen LogP contribution in [0.3, 0.4) is 0 Å². The Hall–Kier alpha value is -1.28. The highest BCUT2D eigenvalue weighted by molar-refractivity contribution is 5.84. The van der Waals surface area contributed by atoms with Crippen molar-refractivity contribution in [1.29, 1.82) is 0 Å². The first kappa shape index (κ1) is 9.28. The van der Waals surface area contributed by atoms with Crippen molar-refractivity contribution >= 4 is 10.9 Å². The van der Waals surface area contributed by atoms with Crippen molar-refractivity contribution in [2.75, 3.05) is 6.61 Å². The van der Waals surface area contributed by atoms with Crippen LogP contribution < -0.4 is 0 Å². The van der Waals surface area contributed by atoms with Crippen LogP contribution in [0.25, 0.3) is 10.9 Å². The van der Waals surface area contributed by atoms with Crippen molar-refractivity contribution in [3.8, 4) is 0 Å². The first-order valence-electron chi connectivity index (χ1n) is 5.05. The molecule has 0 radical (unpaired) electrons. The molecule has 0 aliphatic carbocycles. The van der Waals surface area contributed by atoms with Gasteiger partial charge in [-0.1, -0.05) is 19.1 Å². The number of benzene rings is 1. The van der Waals surface area contributed by atoms with Crippen LogP contribution in [0.4, 0.5) is 0 Å². The highest BCUT2D eigenvalue weighted by Crippen LogP contribution is 2.20. The Morgan fingerprint density at radius 1 is 1.36 bits per heavy atom. The van der Waals surface area contributed by atoms with E-state index in [0.717, 1.165) is 12.8 Å². The fourth-order valence-corrected chi connectivity index (χ4v) is 1.80. The first-order chi connectivity index (χ1) is 6.85. The van der Waals surface area contributed by atoms with Gasteiger partial charge in [-0.25, -0.2) is 0 Å². The molecule has 0 atom stereocenters. The minimum absolute atomic E-state index is 0.214. The van der Waals surface area contributed by atoms with Gasteiger partial charge in [-0.2, -0.15) is 0 Å². The molecule has 1 heterocycles. The lowest BCUT2D eigenvalue weighted by Gasteiger charge is -1.99. The van der Waals surface area contributed by atoms with Gasteiger partial charge in [-0.3, -0.25) is 0 Å². The van der Waals surface area contributed by atoms with Gasteiger partial charge in [0.1, 0.15) is 0 Å². The van der Waals surface area contributed by atoms with E-state index in [1.54, 1.807) is 0 Å². The molecule has 2 N–H and O–H groups in total. The highest BCUT2D eigenvalue weighted by Gasteiger charge is 2.03. The molecule has 0 aliphatic heterocycles. The maximum Gasteiger partial charge on any atom is 0.0471 e. The van der Waals surface area contributed by atoms with Crippen LogP contribution in [0.2, 0.25) is 0 Å². The first-order valence-corrected chi connectivity index (χ1v) is 5.05. The van der Waals surface area contributed by atoms with Crippen LogP contribution in [-0.4, -0.2) is 16.7 Å². The number of H-pyrrole nitrogens is 1. The number of aromatic nitrogens is 1. The summed E-state index contributed by atoms with van der Waals surface area (Å²) in [5, 5.41) is 10.2. The van der Waals surface area contributed by atoms with Gasteiger partial charge in [-0.15, -0.1) is 0 Å². The molecule has 2 rings (SSSR count). The normalized spacial score (nSPS) is 11.0. The van der Waals surface area contributed by atoms with Gasteiger partial charge in [0.15, 0.2) is 0 Å². The number of aryl methyl sites for hydroxylation is 1. The van der Waals surface area contributed by atoms with Crippen molar-refractivity contribution < 1.29 is 5.11 Å². The molecule has 1 aromatic carbocycles. The van der Waals surface area contributed by atoms with E-state index >= 15 is 0 Å². The zero-order valence-electron chi connectivity index (χ0n) is 8.38. The van der Waals surface area contributed by atoms with Gasteiger partial charge < -0.3 is 10.1 Å². The summed E-state index contributed by atoms with van der Waals surface area (Å²) < 4.78 is 0. The Labute approximate surface area is 83.6 Å². The summed E-state index contributed by atoms with van der Waals surface area (Å²) in [5.74, 6) is 0. The fraction of sp³-hybridized carbons (Fsp3) is 0.333. The standard InChI is InChI=1S/C12H15NO/c1-2-10-8-11-9(6-7-14)4-3-5-12(11)13-10/h3-5,8,13-14H,2,6-7H2,1H3. The van der Waals surface area contributed by atoms with Crippen molar-refractivity contribution in [2.24, 2.45) is 0 Å². The molecule has 2 nitrogen and oxygen atoms in total. The maximum atomic E-state index is 8.93. The molecule has 2 aromatic rings. The van der Waals surface area contributed by atoms with E-state index in [4.69, 9.17) is 5.11 Å². The molecular weight excluding hydrogens is 174 g/mol. The summed E-state index contributed by atoms with van der Waals surface area (Å²) in [7, 11) is 0. The second-order valence-electron chi connectivity index (χ2n) is 3.50. The number of nitrogens with one attached hydrogen (secondary N) is 1. The number of fused-ring (bicyclic) bond motifs is 1. The Bertz CT molecular complexity index is 431. The monoisotopic (exact) mass is 189 g/mol. The number of hydrogen-bond acceptors (Lipinski definition) is 1. The third kappa shape index (κ3) is 1.53. The summed E-state index contributed by atoms with van der Waals surface area (Å²) in [6.07, 6.45) is 1.76. The second kappa shape index (κ2) is 3.84. The van der Waals surface area contributed by atoms with E-state index in [2.05, 4.69) is 30.1 Å². The molecule has 0 bridgehead atoms. The average molecular weight is 189 g/mol. The van der Waals surface area contributed by atoms with Gasteiger partial charge in [0.05, 0.1) is 0 Å². The van der Waals surface area contributed by atoms with Crippen LogP contribution in [0.1, 0.15) is 18.2 Å². The van der Waals surface area contributed by atoms with Crippen molar-refractivity contribution in [1.82, 2.24) is 4.98 Å². The SMILES string of the molecule is CCc1cc2c(CCO)cccc2[nH]1. The Morgan fingerprint density at radius 2 is 2.21 bits per heavy atom. The molecular formula is C12H15NO. The zero-order chi connectivity index (χ0) is 9.97. The van der Waals surface area contributed by atoms with Gasteiger partial charge in [0.25, 0.3) is 0 Å². The van der Waals surface area contributed by atoms with Crippen LogP contribution in [0, 0.1) is 0 Å². The molecule has 74 valence electrons. The average Bonchev–Trinajstić information content (AvgIpc) is 2.62. The maximum absolute atomic E-state index is 8.93. The van der Waals surface area contributed by atoms with Crippen molar-refractivity contribution in [3.05, 3.63) is 35.5 Å². The third-order valence-electron chi connectivity index (χ3n) is 2.57. The van der Waals surface area contributed by atoms with E-state index in [0.29, 0.717) is 0 Å². The topological polar surface area (TPSA) is 36.0 Å². The Morgan fingerprint density at radius 3 is 2.93 bits per heavy atom. The van der Waals surface area contributed by atoms with E-state index in [-0.39, 0.29) is 6.61 Å². The quantitative estimate of drug-likeness (QED) is 0.763. The van der Waals surface area contributed by atoms with Crippen molar-refractivity contribution in [2.45, 2.75) is 19.8 Å². The molecule has 2 heteroatoms. The van der Waals surface area contributed by atoms with Crippen LogP contribution >= 0.6 is 0 Å². The Balaban J connectivity index is 2.55. The summed E-state index contributed by atoms with van der Waals surface area (Å²) >= 11 is 0. The number of aromatic amines is 1. The molecule has 0 spiro atoms. The zero-order valence-corrected chi connectivity index (χ0v) is 8.38. The van der Waals surface area contributed by atoms with Crippen molar-refractivity contribution in [3.63, 3.8) is 0 Å². The third-order valence-corrected chi connectivity index (χ3v) is 2.57. The van der Waals surface area contributed by atoms with E-state index in [9.17, 15) is 0 Å². The lowest BCUT2D eigenvalue weighted by Crippen LogP contribution is -1.90. The van der Waals surface area contributed by atoms with Crippen LogP contribution in [0.5, 0.6) is 0 Å². The predicted molar refractivity (Wildman–Crippen MR) is 58.5 cm³/mol. The molecule has 0 saturated heterocycles. The minimum atomic E-state index is 0.214. The molecule has 14 heavy (non-hydrogen) atoms. The molecule has 0 amide bonds. The molecule has 1 aromatic heterocycles. The van der Waals surface area contributed by atoms with Gasteiger partial charge in [0.2, 0.25) is 0 Å². The lowest BCUT2D eigenvalue weighted by molar-refractivity contribution is 0.300. The summed E-state index contributed by atoms with van der Waals surface area (Å²) in [4.78, 5) is 3.36. The number of aliphatic hydroxyl groups is 1. The molecule has 0 unspecified atom stereocenters. The van der Waals surface area contributed by atoms with E-state index in [1.807, 2.05) is 6.07 Å². The van der Waals surface area contributed by atoms with E-state index < -0.39 is 0 Å². The van der Waals surface area contributed by atoms with E-state index in [1.165, 1.54) is 22.2 Å². The summed E-state index contributed by atoms with van der Waals surface area (Å²) in [6.45, 7) is 2.35. The van der Waals surface area contributed by atoms with Crippen LogP contribution in [-0.2, 0) is 12.8 Å². The lowest BCUT2D eigenvalue weighted by atomic mass is 10.1. The van der Waals surface area contributed by atoms with Gasteiger partial charge >= 0.3 is 0 Å². The smallest absolute Gasteiger partial charge is 0.0471 e.